The van der Waals surface area contributed by atoms with Crippen molar-refractivity contribution >= 4 is 34.4 Å². The molecule has 0 spiro atoms. The Morgan fingerprint density at radius 2 is 2.30 bits per heavy atom. The Kier molecular flexibility index (Phi) is 6.38. The molecule has 2 heterocycles. The minimum Gasteiger partial charge on any atom is -0.379 e. The molecule has 0 aliphatic carbocycles. The van der Waals surface area contributed by atoms with Crippen LogP contribution in [-0.4, -0.2) is 55.1 Å². The van der Waals surface area contributed by atoms with Crippen molar-refractivity contribution in [3.8, 4) is 0 Å². The quantitative estimate of drug-likeness (QED) is 0.487. The molecule has 5 nitrogen and oxygen atoms in total. The van der Waals surface area contributed by atoms with Crippen molar-refractivity contribution in [3.63, 3.8) is 0 Å². The molecule has 0 radical (unpaired) electrons. The first kappa shape index (κ1) is 15.4. The van der Waals surface area contributed by atoms with Crippen LogP contribution in [0.5, 0.6) is 0 Å². The first-order chi connectivity index (χ1) is 9.75. The van der Waals surface area contributed by atoms with Gasteiger partial charge in [0.25, 0.3) is 0 Å². The maximum absolute atomic E-state index is 5.31. The third-order valence-electron chi connectivity index (χ3n) is 3.02. The molecule has 1 saturated heterocycles. The maximum Gasteiger partial charge on any atom is 0.187 e. The van der Waals surface area contributed by atoms with Gasteiger partial charge in [-0.2, -0.15) is 5.10 Å². The van der Waals surface area contributed by atoms with E-state index in [0.717, 1.165) is 50.0 Å². The van der Waals surface area contributed by atoms with Gasteiger partial charge in [0.15, 0.2) is 5.11 Å². The number of hydrazone groups is 1. The Morgan fingerprint density at radius 1 is 1.50 bits per heavy atom. The number of hydrogen-bond donors (Lipinski definition) is 2. The molecule has 7 heteroatoms. The van der Waals surface area contributed by atoms with Crippen LogP contribution in [0.1, 0.15) is 11.8 Å². The Balaban J connectivity index is 1.64. The standard InChI is InChI=1S/C13H20N4OS2/c1-11(12-3-2-10-20-12)15-16-13(19)14-4-5-17-6-8-18-9-7-17/h2-3,10H,4-9H2,1H3,(H2,14,16,19)/b15-11+. The number of thiophene rings is 1. The van der Waals surface area contributed by atoms with Crippen LogP contribution in [0.3, 0.4) is 0 Å². The average Bonchev–Trinajstić information content (AvgIpc) is 3.00. The summed E-state index contributed by atoms with van der Waals surface area (Å²) in [4.78, 5) is 3.51. The number of nitrogens with one attached hydrogen (secondary N) is 2. The fourth-order valence-electron chi connectivity index (χ4n) is 1.87. The van der Waals surface area contributed by atoms with E-state index in [4.69, 9.17) is 17.0 Å². The van der Waals surface area contributed by atoms with E-state index in [1.807, 2.05) is 24.4 Å². The summed E-state index contributed by atoms with van der Waals surface area (Å²) in [6.45, 7) is 7.41. The van der Waals surface area contributed by atoms with Crippen LogP contribution in [0.15, 0.2) is 22.6 Å². The van der Waals surface area contributed by atoms with Crippen molar-refractivity contribution in [3.05, 3.63) is 22.4 Å². The van der Waals surface area contributed by atoms with Gasteiger partial charge in [-0.1, -0.05) is 6.07 Å². The van der Waals surface area contributed by atoms with Crippen molar-refractivity contribution in [2.45, 2.75) is 6.92 Å². The van der Waals surface area contributed by atoms with Gasteiger partial charge >= 0.3 is 0 Å². The normalized spacial score (nSPS) is 16.9. The van der Waals surface area contributed by atoms with Crippen LogP contribution < -0.4 is 10.7 Å². The molecule has 0 aromatic carbocycles. The summed E-state index contributed by atoms with van der Waals surface area (Å²) in [5.41, 5.74) is 3.82. The van der Waals surface area contributed by atoms with Gasteiger partial charge in [0.1, 0.15) is 0 Å². The van der Waals surface area contributed by atoms with E-state index in [0.29, 0.717) is 5.11 Å². The van der Waals surface area contributed by atoms with Gasteiger partial charge in [-0.25, -0.2) is 0 Å². The molecule has 1 aliphatic heterocycles. The number of morpholine rings is 1. The number of rotatable bonds is 5. The largest absolute Gasteiger partial charge is 0.379 e. The van der Waals surface area contributed by atoms with Crippen LogP contribution in [0.4, 0.5) is 0 Å². The van der Waals surface area contributed by atoms with Gasteiger partial charge in [-0.05, 0) is 30.6 Å². The second kappa shape index (κ2) is 8.31. The van der Waals surface area contributed by atoms with E-state index in [1.54, 1.807) is 11.3 Å². The lowest BCUT2D eigenvalue weighted by Crippen LogP contribution is -2.42. The molecular formula is C13H20N4OS2. The monoisotopic (exact) mass is 312 g/mol. The van der Waals surface area contributed by atoms with Crippen molar-refractivity contribution in [2.24, 2.45) is 5.10 Å². The first-order valence-corrected chi connectivity index (χ1v) is 7.96. The second-order valence-electron chi connectivity index (χ2n) is 4.50. The Bertz CT molecular complexity index is 441. The van der Waals surface area contributed by atoms with E-state index >= 15 is 0 Å². The van der Waals surface area contributed by atoms with Crippen molar-refractivity contribution < 1.29 is 4.74 Å². The zero-order valence-electron chi connectivity index (χ0n) is 11.6. The zero-order chi connectivity index (χ0) is 14.2. The number of hydrogen-bond acceptors (Lipinski definition) is 5. The van der Waals surface area contributed by atoms with Crippen molar-refractivity contribution in [2.75, 3.05) is 39.4 Å². The van der Waals surface area contributed by atoms with Gasteiger partial charge in [-0.15, -0.1) is 11.3 Å². The van der Waals surface area contributed by atoms with E-state index < -0.39 is 0 Å². The van der Waals surface area contributed by atoms with Gasteiger partial charge in [-0.3, -0.25) is 10.3 Å². The molecule has 1 aromatic rings. The highest BCUT2D eigenvalue weighted by Gasteiger charge is 2.09. The van der Waals surface area contributed by atoms with Gasteiger partial charge < -0.3 is 10.1 Å². The Labute approximate surface area is 129 Å². The summed E-state index contributed by atoms with van der Waals surface area (Å²) in [5, 5.41) is 10.0. The summed E-state index contributed by atoms with van der Waals surface area (Å²) < 4.78 is 5.31. The third-order valence-corrected chi connectivity index (χ3v) is 4.23. The van der Waals surface area contributed by atoms with E-state index in [9.17, 15) is 0 Å². The lowest BCUT2D eigenvalue weighted by atomic mass is 10.3. The minimum atomic E-state index is 0.564. The van der Waals surface area contributed by atoms with Gasteiger partial charge in [0.2, 0.25) is 0 Å². The molecule has 2 rings (SSSR count). The smallest absolute Gasteiger partial charge is 0.187 e. The summed E-state index contributed by atoms with van der Waals surface area (Å²) >= 11 is 6.87. The number of nitrogens with zero attached hydrogens (tertiary/aromatic N) is 2. The first-order valence-electron chi connectivity index (χ1n) is 6.68. The van der Waals surface area contributed by atoms with E-state index in [2.05, 4.69) is 20.7 Å². The van der Waals surface area contributed by atoms with Crippen molar-refractivity contribution in [1.29, 1.82) is 0 Å². The van der Waals surface area contributed by atoms with E-state index in [1.165, 1.54) is 0 Å². The van der Waals surface area contributed by atoms with Crippen LogP contribution in [0.25, 0.3) is 0 Å². The lowest BCUT2D eigenvalue weighted by Gasteiger charge is -2.26. The van der Waals surface area contributed by atoms with Gasteiger partial charge in [0.05, 0.1) is 18.9 Å². The molecule has 1 aromatic heterocycles. The molecule has 2 N–H and O–H groups in total. The molecule has 1 fully saturated rings. The van der Waals surface area contributed by atoms with Gasteiger partial charge in [0, 0.05) is 31.1 Å². The lowest BCUT2D eigenvalue weighted by molar-refractivity contribution is 0.0389. The third kappa shape index (κ3) is 5.16. The van der Waals surface area contributed by atoms with Crippen LogP contribution >= 0.6 is 23.6 Å². The molecular weight excluding hydrogens is 292 g/mol. The Morgan fingerprint density at radius 3 is 3.00 bits per heavy atom. The fraction of sp³-hybridized carbons (Fsp3) is 0.538. The molecule has 110 valence electrons. The summed E-state index contributed by atoms with van der Waals surface area (Å²) in [6.07, 6.45) is 0. The molecule has 0 amide bonds. The number of ether oxygens (including phenoxy) is 1. The van der Waals surface area contributed by atoms with Crippen LogP contribution in [0.2, 0.25) is 0 Å². The summed E-state index contributed by atoms with van der Waals surface area (Å²) in [5.74, 6) is 0. The highest BCUT2D eigenvalue weighted by atomic mass is 32.1. The van der Waals surface area contributed by atoms with Crippen LogP contribution in [-0.2, 0) is 4.74 Å². The topological polar surface area (TPSA) is 48.9 Å². The molecule has 1 aliphatic rings. The SMILES string of the molecule is C/C(=N\NC(=S)NCCN1CCOCC1)c1cccs1. The summed E-state index contributed by atoms with van der Waals surface area (Å²) in [6, 6.07) is 4.05. The fourth-order valence-corrected chi connectivity index (χ4v) is 2.69. The van der Waals surface area contributed by atoms with Crippen LogP contribution in [0, 0.1) is 0 Å². The molecule has 20 heavy (non-hydrogen) atoms. The van der Waals surface area contributed by atoms with E-state index in [-0.39, 0.29) is 0 Å². The molecule has 0 unspecified atom stereocenters. The maximum atomic E-state index is 5.31. The second-order valence-corrected chi connectivity index (χ2v) is 5.85. The zero-order valence-corrected chi connectivity index (χ0v) is 13.2. The molecule has 0 atom stereocenters. The summed E-state index contributed by atoms with van der Waals surface area (Å²) in [7, 11) is 0. The Hall–Kier alpha value is -1.02. The molecule has 0 saturated carbocycles. The predicted molar refractivity (Wildman–Crippen MR) is 87.5 cm³/mol. The average molecular weight is 312 g/mol. The predicted octanol–water partition coefficient (Wildman–Crippen LogP) is 1.27. The number of thiocarbonyl (C=S) groups is 1. The highest BCUT2D eigenvalue weighted by molar-refractivity contribution is 7.80. The molecule has 0 bridgehead atoms. The van der Waals surface area contributed by atoms with Crippen molar-refractivity contribution in [1.82, 2.24) is 15.6 Å². The highest BCUT2D eigenvalue weighted by Crippen LogP contribution is 2.09. The minimum absolute atomic E-state index is 0.564.